The Morgan fingerprint density at radius 2 is 1.62 bits per heavy atom. The van der Waals surface area contributed by atoms with Crippen LogP contribution in [0.1, 0.15) is 37.8 Å². The largest absolute Gasteiger partial charge is 0.256 e. The Labute approximate surface area is 125 Å². The molecule has 0 atom stereocenters. The number of rotatable bonds is 2. The van der Waals surface area contributed by atoms with Crippen molar-refractivity contribution >= 4 is 10.8 Å². The van der Waals surface area contributed by atoms with E-state index in [4.69, 9.17) is 4.98 Å². The molecule has 3 aromatic rings. The topological polar surface area (TPSA) is 12.9 Å². The third kappa shape index (κ3) is 1.49. The lowest BCUT2D eigenvalue weighted by molar-refractivity contribution is 0.481. The number of benzene rings is 2. The van der Waals surface area contributed by atoms with Gasteiger partial charge < -0.3 is 0 Å². The SMILES string of the molecule is CCC1(CC)c2ccccc2-c2nccc3cccc1c23. The van der Waals surface area contributed by atoms with Crippen LogP contribution >= 0.6 is 0 Å². The van der Waals surface area contributed by atoms with Crippen molar-refractivity contribution in [3.05, 3.63) is 65.9 Å². The summed E-state index contributed by atoms with van der Waals surface area (Å²) in [5, 5.41) is 2.65. The van der Waals surface area contributed by atoms with Crippen molar-refractivity contribution < 1.29 is 0 Å². The summed E-state index contributed by atoms with van der Waals surface area (Å²) in [7, 11) is 0. The molecule has 0 fully saturated rings. The van der Waals surface area contributed by atoms with Crippen LogP contribution in [-0.4, -0.2) is 4.98 Å². The van der Waals surface area contributed by atoms with E-state index < -0.39 is 0 Å². The standard InChI is InChI=1S/C20H19N/c1-3-20(4-2)16-10-6-5-9-15(16)19-18-14(12-13-21-19)8-7-11-17(18)20/h5-13H,3-4H2,1-2H3. The summed E-state index contributed by atoms with van der Waals surface area (Å²) in [5.41, 5.74) is 5.47. The normalized spacial score (nSPS) is 15.0. The fourth-order valence-electron chi connectivity index (χ4n) is 4.10. The summed E-state index contributed by atoms with van der Waals surface area (Å²) in [4.78, 5) is 4.71. The molecule has 1 aromatic heterocycles. The van der Waals surface area contributed by atoms with Crippen molar-refractivity contribution in [3.63, 3.8) is 0 Å². The highest BCUT2D eigenvalue weighted by Crippen LogP contribution is 2.50. The number of aromatic nitrogens is 1. The molecular formula is C20H19N. The summed E-state index contributed by atoms with van der Waals surface area (Å²) >= 11 is 0. The van der Waals surface area contributed by atoms with E-state index in [1.54, 1.807) is 0 Å². The van der Waals surface area contributed by atoms with Gasteiger partial charge in [-0.3, -0.25) is 4.98 Å². The molecule has 2 aromatic carbocycles. The fourth-order valence-corrected chi connectivity index (χ4v) is 4.10. The molecule has 0 radical (unpaired) electrons. The van der Waals surface area contributed by atoms with E-state index >= 15 is 0 Å². The van der Waals surface area contributed by atoms with Gasteiger partial charge >= 0.3 is 0 Å². The van der Waals surface area contributed by atoms with E-state index in [9.17, 15) is 0 Å². The summed E-state index contributed by atoms with van der Waals surface area (Å²) in [6.07, 6.45) is 4.17. The van der Waals surface area contributed by atoms with Gasteiger partial charge in [0.15, 0.2) is 0 Å². The van der Waals surface area contributed by atoms with Crippen LogP contribution in [0.4, 0.5) is 0 Å². The van der Waals surface area contributed by atoms with E-state index in [0.29, 0.717) is 0 Å². The number of hydrogen-bond acceptors (Lipinski definition) is 1. The predicted octanol–water partition coefficient (Wildman–Crippen LogP) is 5.32. The molecule has 0 N–H and O–H groups in total. The molecule has 1 heteroatoms. The van der Waals surface area contributed by atoms with Crippen LogP contribution < -0.4 is 0 Å². The van der Waals surface area contributed by atoms with Gasteiger partial charge in [-0.15, -0.1) is 0 Å². The summed E-state index contributed by atoms with van der Waals surface area (Å²) in [5.74, 6) is 0. The first-order valence-electron chi connectivity index (χ1n) is 7.80. The van der Waals surface area contributed by atoms with Crippen LogP contribution in [0.5, 0.6) is 0 Å². The molecule has 1 heterocycles. The van der Waals surface area contributed by atoms with E-state index in [2.05, 4.69) is 62.4 Å². The molecule has 1 aliphatic carbocycles. The molecule has 0 saturated heterocycles. The first-order chi connectivity index (χ1) is 10.3. The van der Waals surface area contributed by atoms with Crippen molar-refractivity contribution in [1.82, 2.24) is 4.98 Å². The average molecular weight is 273 g/mol. The first kappa shape index (κ1) is 12.6. The Balaban J connectivity index is 2.25. The van der Waals surface area contributed by atoms with Gasteiger partial charge in [0.05, 0.1) is 5.69 Å². The molecule has 104 valence electrons. The fraction of sp³-hybridized carbons (Fsp3) is 0.250. The molecule has 21 heavy (non-hydrogen) atoms. The van der Waals surface area contributed by atoms with E-state index in [1.807, 2.05) is 6.20 Å². The van der Waals surface area contributed by atoms with Gasteiger partial charge in [-0.1, -0.05) is 56.3 Å². The van der Waals surface area contributed by atoms with Crippen LogP contribution in [0, 0.1) is 0 Å². The second-order valence-corrected chi connectivity index (χ2v) is 5.90. The van der Waals surface area contributed by atoms with Crippen molar-refractivity contribution in [3.8, 4) is 11.3 Å². The molecule has 1 aliphatic rings. The maximum Gasteiger partial charge on any atom is 0.0786 e. The second-order valence-electron chi connectivity index (χ2n) is 5.90. The van der Waals surface area contributed by atoms with Crippen molar-refractivity contribution in [2.75, 3.05) is 0 Å². The quantitative estimate of drug-likeness (QED) is 0.615. The van der Waals surface area contributed by atoms with E-state index in [-0.39, 0.29) is 5.41 Å². The molecule has 0 amide bonds. The van der Waals surface area contributed by atoms with Crippen molar-refractivity contribution in [2.45, 2.75) is 32.1 Å². The van der Waals surface area contributed by atoms with Crippen LogP contribution in [0.3, 0.4) is 0 Å². The molecule has 0 saturated carbocycles. The van der Waals surface area contributed by atoms with Crippen molar-refractivity contribution in [1.29, 1.82) is 0 Å². The van der Waals surface area contributed by atoms with Crippen LogP contribution in [0.2, 0.25) is 0 Å². The van der Waals surface area contributed by atoms with E-state index in [1.165, 1.54) is 27.5 Å². The van der Waals surface area contributed by atoms with Crippen LogP contribution in [0.15, 0.2) is 54.7 Å². The highest BCUT2D eigenvalue weighted by Gasteiger charge is 2.38. The molecular weight excluding hydrogens is 254 g/mol. The van der Waals surface area contributed by atoms with E-state index in [0.717, 1.165) is 18.5 Å². The minimum absolute atomic E-state index is 0.117. The maximum atomic E-state index is 4.71. The smallest absolute Gasteiger partial charge is 0.0786 e. The van der Waals surface area contributed by atoms with Crippen LogP contribution in [-0.2, 0) is 5.41 Å². The predicted molar refractivity (Wildman–Crippen MR) is 88.5 cm³/mol. The molecule has 0 unspecified atom stereocenters. The van der Waals surface area contributed by atoms with Gasteiger partial charge in [-0.05, 0) is 35.4 Å². The Hall–Kier alpha value is -2.15. The monoisotopic (exact) mass is 273 g/mol. The number of pyridine rings is 1. The summed E-state index contributed by atoms with van der Waals surface area (Å²) < 4.78 is 0. The Kier molecular flexibility index (Phi) is 2.65. The first-order valence-corrected chi connectivity index (χ1v) is 7.80. The molecule has 0 bridgehead atoms. The van der Waals surface area contributed by atoms with Crippen molar-refractivity contribution in [2.24, 2.45) is 0 Å². The summed E-state index contributed by atoms with van der Waals surface area (Å²) in [6, 6.07) is 17.6. The van der Waals surface area contributed by atoms with Gasteiger partial charge in [0.25, 0.3) is 0 Å². The Morgan fingerprint density at radius 3 is 2.43 bits per heavy atom. The number of hydrogen-bond donors (Lipinski definition) is 0. The minimum Gasteiger partial charge on any atom is -0.256 e. The molecule has 0 spiro atoms. The maximum absolute atomic E-state index is 4.71. The molecule has 4 rings (SSSR count). The zero-order valence-electron chi connectivity index (χ0n) is 12.6. The zero-order valence-corrected chi connectivity index (χ0v) is 12.6. The third-order valence-electron chi connectivity index (χ3n) is 5.21. The van der Waals surface area contributed by atoms with Gasteiger partial charge in [-0.25, -0.2) is 0 Å². The molecule has 1 nitrogen and oxygen atoms in total. The highest BCUT2D eigenvalue weighted by molar-refractivity contribution is 6.01. The van der Waals surface area contributed by atoms with Gasteiger partial charge in [0, 0.05) is 22.6 Å². The number of nitrogens with zero attached hydrogens (tertiary/aromatic N) is 1. The zero-order chi connectivity index (χ0) is 14.4. The van der Waals surface area contributed by atoms with Gasteiger partial charge in [0.2, 0.25) is 0 Å². The minimum atomic E-state index is 0.117. The lowest BCUT2D eigenvalue weighted by Gasteiger charge is -2.39. The highest BCUT2D eigenvalue weighted by atomic mass is 14.7. The third-order valence-corrected chi connectivity index (χ3v) is 5.21. The summed E-state index contributed by atoms with van der Waals surface area (Å²) in [6.45, 7) is 4.61. The molecule has 0 aliphatic heterocycles. The van der Waals surface area contributed by atoms with Crippen LogP contribution in [0.25, 0.3) is 22.0 Å². The lowest BCUT2D eigenvalue weighted by atomic mass is 9.64. The van der Waals surface area contributed by atoms with Gasteiger partial charge in [0.1, 0.15) is 0 Å². The Bertz CT molecular complexity index is 823. The van der Waals surface area contributed by atoms with Gasteiger partial charge in [-0.2, -0.15) is 0 Å². The Morgan fingerprint density at radius 1 is 0.857 bits per heavy atom. The second kappa shape index (κ2) is 4.42. The lowest BCUT2D eigenvalue weighted by Crippen LogP contribution is -2.29. The average Bonchev–Trinajstić information content (AvgIpc) is 2.56. The number of fused-ring (bicyclic) bond motifs is 2.